The Morgan fingerprint density at radius 2 is 2.10 bits per heavy atom. The molecule has 2 rings (SSSR count). The average Bonchev–Trinajstić information content (AvgIpc) is 2.67. The lowest BCUT2D eigenvalue weighted by Crippen LogP contribution is -2.07. The summed E-state index contributed by atoms with van der Waals surface area (Å²) < 4.78 is 39.7. The first-order valence-corrected chi connectivity index (χ1v) is 6.43. The van der Waals surface area contributed by atoms with Crippen molar-refractivity contribution in [2.45, 2.75) is 13.1 Å². The number of hydrogen-bond donors (Lipinski definition) is 2. The number of benzene rings is 1. The van der Waals surface area contributed by atoms with Gasteiger partial charge < -0.3 is 10.8 Å². The predicted molar refractivity (Wildman–Crippen MR) is 75.2 cm³/mol. The number of imidazole rings is 1. The van der Waals surface area contributed by atoms with E-state index < -0.39 is 17.5 Å². The van der Waals surface area contributed by atoms with Crippen molar-refractivity contribution in [3.8, 4) is 5.75 Å². The lowest BCUT2D eigenvalue weighted by molar-refractivity contribution is -0.138. The smallest absolute Gasteiger partial charge is 0.420 e. The zero-order valence-electron chi connectivity index (χ0n) is 10.7. The Balaban J connectivity index is 2.45. The molecule has 0 aliphatic carbocycles. The van der Waals surface area contributed by atoms with Gasteiger partial charge in [0.15, 0.2) is 0 Å². The van der Waals surface area contributed by atoms with Crippen molar-refractivity contribution in [2.24, 2.45) is 5.10 Å². The molecule has 9 heteroatoms. The second-order valence-electron chi connectivity index (χ2n) is 4.22. The Labute approximate surface area is 126 Å². The average molecular weight is 363 g/mol. The molecule has 0 aliphatic rings. The van der Waals surface area contributed by atoms with Gasteiger partial charge in [-0.25, -0.2) is 9.66 Å². The van der Waals surface area contributed by atoms with Crippen molar-refractivity contribution in [3.05, 3.63) is 39.6 Å². The number of aromatic hydroxyl groups is 1. The Bertz CT molecular complexity index is 709. The third-order valence-corrected chi connectivity index (χ3v) is 3.02. The fourth-order valence-corrected chi connectivity index (χ4v) is 2.13. The van der Waals surface area contributed by atoms with E-state index in [1.165, 1.54) is 16.9 Å². The van der Waals surface area contributed by atoms with E-state index in [1.807, 2.05) is 0 Å². The number of alkyl halides is 3. The van der Waals surface area contributed by atoms with Gasteiger partial charge in [-0.05, 0) is 19.1 Å². The van der Waals surface area contributed by atoms with Crippen molar-refractivity contribution in [2.75, 3.05) is 5.73 Å². The zero-order chi connectivity index (χ0) is 15.8. The summed E-state index contributed by atoms with van der Waals surface area (Å²) in [7, 11) is 0. The van der Waals surface area contributed by atoms with E-state index in [-0.39, 0.29) is 16.0 Å². The van der Waals surface area contributed by atoms with Crippen LogP contribution in [0.15, 0.2) is 27.9 Å². The summed E-state index contributed by atoms with van der Waals surface area (Å²) in [6.45, 7) is 1.70. The van der Waals surface area contributed by atoms with Gasteiger partial charge in [-0.15, -0.1) is 0 Å². The summed E-state index contributed by atoms with van der Waals surface area (Å²) in [5, 5.41) is 13.6. The Morgan fingerprint density at radius 3 is 2.62 bits per heavy atom. The fourth-order valence-electron chi connectivity index (χ4n) is 1.66. The molecule has 0 unspecified atom stereocenters. The first-order valence-electron chi connectivity index (χ1n) is 5.64. The largest absolute Gasteiger partial charge is 0.507 e. The van der Waals surface area contributed by atoms with Crippen LogP contribution in [0.25, 0.3) is 0 Å². The van der Waals surface area contributed by atoms with Gasteiger partial charge in [0.2, 0.25) is 5.95 Å². The molecule has 5 nitrogen and oxygen atoms in total. The molecule has 3 N–H and O–H groups in total. The van der Waals surface area contributed by atoms with Crippen molar-refractivity contribution in [1.82, 2.24) is 9.66 Å². The lowest BCUT2D eigenvalue weighted by atomic mass is 10.1. The molecule has 112 valence electrons. The molecule has 1 heterocycles. The minimum atomic E-state index is -4.67. The molecular weight excluding hydrogens is 353 g/mol. The maximum atomic E-state index is 12.8. The molecule has 0 radical (unpaired) electrons. The number of hydrogen-bond acceptors (Lipinski definition) is 4. The Hall–Kier alpha value is -2.03. The topological polar surface area (TPSA) is 76.4 Å². The quantitative estimate of drug-likeness (QED) is 0.805. The highest BCUT2D eigenvalue weighted by Crippen LogP contribution is 2.39. The molecule has 1 aromatic heterocycles. The van der Waals surface area contributed by atoms with Gasteiger partial charge in [0.1, 0.15) is 5.75 Å². The van der Waals surface area contributed by atoms with E-state index in [1.54, 1.807) is 6.92 Å². The van der Waals surface area contributed by atoms with Crippen LogP contribution in [-0.4, -0.2) is 21.0 Å². The molecule has 0 saturated carbocycles. The molecular formula is C12H10BrF3N4O. The van der Waals surface area contributed by atoms with Crippen LogP contribution in [0.1, 0.15) is 16.8 Å². The molecule has 0 saturated heterocycles. The standard InChI is InChI=1S/C12H10BrF3N4O/c1-6-5-20(11(17)19-6)18-4-7-2-8(13)3-9(10(7)21)12(14,15)16/h2-5,21H,1H3,(H2,17,19). The number of phenolic OH excluding ortho intramolecular Hbond substituents is 1. The SMILES string of the molecule is Cc1cn(N=Cc2cc(Br)cc(C(F)(F)F)c2O)c(N)n1. The molecule has 2 aromatic rings. The van der Waals surface area contributed by atoms with Crippen LogP contribution in [0.5, 0.6) is 5.75 Å². The molecule has 0 spiro atoms. The summed E-state index contributed by atoms with van der Waals surface area (Å²) in [4.78, 5) is 3.90. The number of aromatic nitrogens is 2. The normalized spacial score (nSPS) is 12.2. The van der Waals surface area contributed by atoms with E-state index >= 15 is 0 Å². The van der Waals surface area contributed by atoms with Crippen molar-refractivity contribution < 1.29 is 18.3 Å². The van der Waals surface area contributed by atoms with Gasteiger partial charge in [-0.2, -0.15) is 18.3 Å². The van der Waals surface area contributed by atoms with Crippen LogP contribution in [0.2, 0.25) is 0 Å². The third-order valence-electron chi connectivity index (χ3n) is 2.57. The molecule has 1 aromatic carbocycles. The van der Waals surface area contributed by atoms with Gasteiger partial charge in [0.25, 0.3) is 0 Å². The number of phenols is 1. The van der Waals surface area contributed by atoms with Crippen LogP contribution in [0.4, 0.5) is 19.1 Å². The number of rotatable bonds is 2. The van der Waals surface area contributed by atoms with Crippen LogP contribution in [-0.2, 0) is 6.18 Å². The van der Waals surface area contributed by atoms with E-state index in [2.05, 4.69) is 26.0 Å². The summed E-state index contributed by atoms with van der Waals surface area (Å²) in [6.07, 6.45) is -2.08. The highest BCUT2D eigenvalue weighted by molar-refractivity contribution is 9.10. The second-order valence-corrected chi connectivity index (χ2v) is 5.13. The summed E-state index contributed by atoms with van der Waals surface area (Å²) in [6, 6.07) is 2.11. The highest BCUT2D eigenvalue weighted by atomic mass is 79.9. The van der Waals surface area contributed by atoms with E-state index in [0.717, 1.165) is 12.3 Å². The third kappa shape index (κ3) is 3.35. The van der Waals surface area contributed by atoms with Crippen molar-refractivity contribution in [1.29, 1.82) is 0 Å². The molecule has 21 heavy (non-hydrogen) atoms. The number of aryl methyl sites for hydroxylation is 1. The lowest BCUT2D eigenvalue weighted by Gasteiger charge is -2.11. The second kappa shape index (κ2) is 5.40. The summed E-state index contributed by atoms with van der Waals surface area (Å²) in [5.41, 5.74) is 4.93. The molecule has 0 bridgehead atoms. The number of anilines is 1. The van der Waals surface area contributed by atoms with Gasteiger partial charge >= 0.3 is 6.18 Å². The maximum Gasteiger partial charge on any atom is 0.420 e. The molecule has 0 fully saturated rings. The monoisotopic (exact) mass is 362 g/mol. The van der Waals surface area contributed by atoms with Gasteiger partial charge in [0, 0.05) is 10.0 Å². The first kappa shape index (κ1) is 15.4. The molecule has 0 aliphatic heterocycles. The Kier molecular flexibility index (Phi) is 3.95. The number of nitrogen functional groups attached to an aromatic ring is 1. The Morgan fingerprint density at radius 1 is 1.43 bits per heavy atom. The van der Waals surface area contributed by atoms with Crippen LogP contribution in [0, 0.1) is 6.92 Å². The van der Waals surface area contributed by atoms with E-state index in [0.29, 0.717) is 5.69 Å². The van der Waals surface area contributed by atoms with E-state index in [9.17, 15) is 18.3 Å². The number of halogens is 4. The van der Waals surface area contributed by atoms with E-state index in [4.69, 9.17) is 5.73 Å². The highest BCUT2D eigenvalue weighted by Gasteiger charge is 2.35. The predicted octanol–water partition coefficient (Wildman–Crippen LogP) is 3.14. The summed E-state index contributed by atoms with van der Waals surface area (Å²) >= 11 is 2.97. The van der Waals surface area contributed by atoms with Crippen molar-refractivity contribution >= 4 is 28.1 Å². The number of nitrogens with zero attached hydrogens (tertiary/aromatic N) is 3. The van der Waals surface area contributed by atoms with Gasteiger partial charge in [0.05, 0.1) is 23.7 Å². The maximum absolute atomic E-state index is 12.8. The first-order chi connectivity index (χ1) is 9.68. The fraction of sp³-hybridized carbons (Fsp3) is 0.167. The summed E-state index contributed by atoms with van der Waals surface area (Å²) in [5.74, 6) is -0.806. The molecule has 0 amide bonds. The van der Waals surface area contributed by atoms with Crippen molar-refractivity contribution in [3.63, 3.8) is 0 Å². The van der Waals surface area contributed by atoms with Crippen LogP contribution >= 0.6 is 15.9 Å². The minimum Gasteiger partial charge on any atom is -0.507 e. The number of nitrogens with two attached hydrogens (primary N) is 1. The minimum absolute atomic E-state index is 0.0919. The van der Waals surface area contributed by atoms with Gasteiger partial charge in [-0.1, -0.05) is 15.9 Å². The molecule has 0 atom stereocenters. The van der Waals surface area contributed by atoms with Crippen LogP contribution < -0.4 is 5.73 Å². The van der Waals surface area contributed by atoms with Gasteiger partial charge in [-0.3, -0.25) is 0 Å². The van der Waals surface area contributed by atoms with Crippen LogP contribution in [0.3, 0.4) is 0 Å². The zero-order valence-corrected chi connectivity index (χ0v) is 12.3.